The van der Waals surface area contributed by atoms with Crippen molar-refractivity contribution in [1.29, 1.82) is 0 Å². The lowest BCUT2D eigenvalue weighted by Gasteiger charge is -2.13. The molecule has 19 heavy (non-hydrogen) atoms. The van der Waals surface area contributed by atoms with Gasteiger partial charge in [-0.1, -0.05) is 42.5 Å². The van der Waals surface area contributed by atoms with E-state index in [4.69, 9.17) is 5.73 Å². The van der Waals surface area contributed by atoms with Crippen molar-refractivity contribution < 1.29 is 13.2 Å². The first-order valence-electron chi connectivity index (χ1n) is 5.62. The molecule has 0 aliphatic heterocycles. The quantitative estimate of drug-likeness (QED) is 0.848. The van der Waals surface area contributed by atoms with E-state index >= 15 is 0 Å². The van der Waals surface area contributed by atoms with Crippen LogP contribution in [0.1, 0.15) is 17.2 Å². The summed E-state index contributed by atoms with van der Waals surface area (Å²) >= 11 is -0.124. The Bertz CT molecular complexity index is 523. The van der Waals surface area contributed by atoms with Gasteiger partial charge in [-0.15, -0.1) is 0 Å². The molecule has 0 fully saturated rings. The molecule has 1 unspecified atom stereocenters. The number of rotatable bonds is 3. The van der Waals surface area contributed by atoms with Gasteiger partial charge in [-0.2, -0.15) is 13.2 Å². The van der Waals surface area contributed by atoms with E-state index in [-0.39, 0.29) is 22.7 Å². The van der Waals surface area contributed by atoms with Gasteiger partial charge in [-0.3, -0.25) is 0 Å². The Morgan fingerprint density at radius 1 is 0.842 bits per heavy atom. The van der Waals surface area contributed by atoms with Crippen molar-refractivity contribution in [3.63, 3.8) is 0 Å². The molecule has 0 spiro atoms. The van der Waals surface area contributed by atoms with Crippen LogP contribution < -0.4 is 5.73 Å². The number of hydrogen-bond donors (Lipinski definition) is 1. The number of alkyl halides is 3. The van der Waals surface area contributed by atoms with Crippen molar-refractivity contribution in [2.24, 2.45) is 5.73 Å². The molecule has 2 aromatic rings. The molecule has 0 heterocycles. The third kappa shape index (κ3) is 4.01. The predicted octanol–water partition coefficient (Wildman–Crippen LogP) is 4.35. The lowest BCUT2D eigenvalue weighted by Crippen LogP contribution is -2.11. The van der Waals surface area contributed by atoms with Gasteiger partial charge in [0.15, 0.2) is 0 Å². The van der Waals surface area contributed by atoms with Crippen molar-refractivity contribution in [1.82, 2.24) is 0 Å². The van der Waals surface area contributed by atoms with Gasteiger partial charge in [0.1, 0.15) is 0 Å². The smallest absolute Gasteiger partial charge is 0.320 e. The number of thioether (sulfide) groups is 1. The SMILES string of the molecule is NC(c1ccccc1)c1ccc(SC(F)(F)F)cc1. The molecule has 0 radical (unpaired) electrons. The third-order valence-corrected chi connectivity index (χ3v) is 3.37. The second kappa shape index (κ2) is 5.67. The van der Waals surface area contributed by atoms with Gasteiger partial charge in [0.05, 0.1) is 6.04 Å². The van der Waals surface area contributed by atoms with E-state index in [1.165, 1.54) is 12.1 Å². The molecule has 5 heteroatoms. The maximum Gasteiger partial charge on any atom is 0.446 e. The molecule has 0 bridgehead atoms. The summed E-state index contributed by atoms with van der Waals surface area (Å²) in [5.41, 5.74) is 3.52. The van der Waals surface area contributed by atoms with Crippen LogP contribution in [0.25, 0.3) is 0 Å². The molecule has 1 nitrogen and oxygen atoms in total. The van der Waals surface area contributed by atoms with E-state index in [9.17, 15) is 13.2 Å². The number of nitrogens with two attached hydrogens (primary N) is 1. The summed E-state index contributed by atoms with van der Waals surface area (Å²) < 4.78 is 36.6. The molecule has 1 atom stereocenters. The van der Waals surface area contributed by atoms with Crippen LogP contribution >= 0.6 is 11.8 Å². The fraction of sp³-hybridized carbons (Fsp3) is 0.143. The third-order valence-electron chi connectivity index (χ3n) is 2.63. The van der Waals surface area contributed by atoms with Gasteiger partial charge in [0, 0.05) is 4.90 Å². The maximum atomic E-state index is 12.2. The summed E-state index contributed by atoms with van der Waals surface area (Å²) in [6.45, 7) is 0. The van der Waals surface area contributed by atoms with E-state index < -0.39 is 5.51 Å². The molecule has 2 aromatic carbocycles. The Balaban J connectivity index is 2.15. The standard InChI is InChI=1S/C14H12F3NS/c15-14(16,17)19-12-8-6-11(7-9-12)13(18)10-4-2-1-3-5-10/h1-9,13H,18H2. The maximum absolute atomic E-state index is 12.2. The van der Waals surface area contributed by atoms with Crippen LogP contribution in [0.4, 0.5) is 13.2 Å². The van der Waals surface area contributed by atoms with Gasteiger partial charge in [0.2, 0.25) is 0 Å². The largest absolute Gasteiger partial charge is 0.446 e. The number of hydrogen-bond acceptors (Lipinski definition) is 2. The topological polar surface area (TPSA) is 26.0 Å². The number of halogens is 3. The molecule has 0 aromatic heterocycles. The minimum absolute atomic E-state index is 0.124. The van der Waals surface area contributed by atoms with Gasteiger partial charge in [0.25, 0.3) is 0 Å². The molecule has 0 saturated heterocycles. The Kier molecular flexibility index (Phi) is 4.17. The van der Waals surface area contributed by atoms with Crippen molar-refractivity contribution in [2.45, 2.75) is 16.4 Å². The summed E-state index contributed by atoms with van der Waals surface area (Å²) in [6.07, 6.45) is 0. The first-order chi connectivity index (χ1) is 8.96. The highest BCUT2D eigenvalue weighted by molar-refractivity contribution is 8.00. The average molecular weight is 283 g/mol. The molecule has 0 aliphatic carbocycles. The second-order valence-electron chi connectivity index (χ2n) is 4.01. The highest BCUT2D eigenvalue weighted by Crippen LogP contribution is 2.37. The summed E-state index contributed by atoms with van der Waals surface area (Å²) in [7, 11) is 0. The average Bonchev–Trinajstić information content (AvgIpc) is 2.38. The minimum atomic E-state index is -4.26. The van der Waals surface area contributed by atoms with Crippen LogP contribution in [0, 0.1) is 0 Å². The van der Waals surface area contributed by atoms with Gasteiger partial charge in [-0.05, 0) is 35.0 Å². The lowest BCUT2D eigenvalue weighted by atomic mass is 10.00. The van der Waals surface area contributed by atoms with Crippen LogP contribution in [0.3, 0.4) is 0 Å². The molecular formula is C14H12F3NS. The van der Waals surface area contributed by atoms with Crippen LogP contribution in [-0.4, -0.2) is 5.51 Å². The van der Waals surface area contributed by atoms with Crippen LogP contribution in [0.15, 0.2) is 59.5 Å². The van der Waals surface area contributed by atoms with E-state index in [0.717, 1.165) is 11.1 Å². The second-order valence-corrected chi connectivity index (χ2v) is 5.14. The zero-order valence-corrected chi connectivity index (χ0v) is 10.7. The summed E-state index contributed by atoms with van der Waals surface area (Å²) in [4.78, 5) is 0.163. The van der Waals surface area contributed by atoms with Crippen LogP contribution in [0.2, 0.25) is 0 Å². The van der Waals surface area contributed by atoms with Crippen LogP contribution in [-0.2, 0) is 0 Å². The summed E-state index contributed by atoms with van der Waals surface area (Å²) in [5, 5.41) is 0. The van der Waals surface area contributed by atoms with Crippen molar-refractivity contribution >= 4 is 11.8 Å². The molecular weight excluding hydrogens is 271 g/mol. The van der Waals surface area contributed by atoms with Crippen molar-refractivity contribution in [3.8, 4) is 0 Å². The molecule has 2 N–H and O–H groups in total. The fourth-order valence-electron chi connectivity index (χ4n) is 1.73. The molecule has 0 aliphatic rings. The highest BCUT2D eigenvalue weighted by atomic mass is 32.2. The van der Waals surface area contributed by atoms with Gasteiger partial charge >= 0.3 is 5.51 Å². The minimum Gasteiger partial charge on any atom is -0.320 e. The first-order valence-corrected chi connectivity index (χ1v) is 6.43. The Morgan fingerprint density at radius 2 is 1.37 bits per heavy atom. The first kappa shape index (κ1) is 14.0. The van der Waals surface area contributed by atoms with E-state index in [1.807, 2.05) is 30.3 Å². The van der Waals surface area contributed by atoms with Crippen LogP contribution in [0.5, 0.6) is 0 Å². The predicted molar refractivity (Wildman–Crippen MR) is 70.8 cm³/mol. The lowest BCUT2D eigenvalue weighted by molar-refractivity contribution is -0.0328. The normalized spacial score (nSPS) is 13.3. The van der Waals surface area contributed by atoms with E-state index in [0.29, 0.717) is 0 Å². The Morgan fingerprint density at radius 3 is 1.89 bits per heavy atom. The highest BCUT2D eigenvalue weighted by Gasteiger charge is 2.29. The van der Waals surface area contributed by atoms with Crippen molar-refractivity contribution in [2.75, 3.05) is 0 Å². The zero-order valence-electron chi connectivity index (χ0n) is 9.89. The monoisotopic (exact) mass is 283 g/mol. The fourth-order valence-corrected chi connectivity index (χ4v) is 2.27. The molecule has 0 saturated carbocycles. The number of benzene rings is 2. The molecule has 0 amide bonds. The summed E-state index contributed by atoms with van der Waals surface area (Å²) in [6, 6.07) is 15.2. The Hall–Kier alpha value is -1.46. The zero-order chi connectivity index (χ0) is 13.9. The van der Waals surface area contributed by atoms with E-state index in [1.54, 1.807) is 12.1 Å². The molecule has 100 valence electrons. The summed E-state index contributed by atoms with van der Waals surface area (Å²) in [5.74, 6) is 0. The van der Waals surface area contributed by atoms with Gasteiger partial charge in [-0.25, -0.2) is 0 Å². The Labute approximate surface area is 113 Å². The van der Waals surface area contributed by atoms with Crippen molar-refractivity contribution in [3.05, 3.63) is 65.7 Å². The molecule has 2 rings (SSSR count). The van der Waals surface area contributed by atoms with Gasteiger partial charge < -0.3 is 5.73 Å². The van der Waals surface area contributed by atoms with E-state index in [2.05, 4.69) is 0 Å².